The van der Waals surface area contributed by atoms with E-state index in [4.69, 9.17) is 5.11 Å². The van der Waals surface area contributed by atoms with Crippen LogP contribution in [0, 0.1) is 20.8 Å². The zero-order valence-electron chi connectivity index (χ0n) is 12.1. The number of benzene rings is 1. The Bertz CT molecular complexity index is 530. The van der Waals surface area contributed by atoms with Crippen LogP contribution in [0.15, 0.2) is 6.07 Å². The van der Waals surface area contributed by atoms with Gasteiger partial charge in [0, 0.05) is 13.2 Å². The molecule has 1 aromatic carbocycles. The van der Waals surface area contributed by atoms with Gasteiger partial charge < -0.3 is 15.1 Å². The summed E-state index contributed by atoms with van der Waals surface area (Å²) in [5.41, 5.74) is 3.84. The molecule has 0 bridgehead atoms. The van der Waals surface area contributed by atoms with Gasteiger partial charge >= 0.3 is 0 Å². The van der Waals surface area contributed by atoms with Crippen LogP contribution in [0.2, 0.25) is 0 Å². The predicted octanol–water partition coefficient (Wildman–Crippen LogP) is 2.27. The SMILES string of the molecule is Cc1cc(C2SCC(=O)N2CCCO)c(C)c(C)c1O. The molecule has 1 unspecified atom stereocenters. The Morgan fingerprint density at radius 2 is 2.05 bits per heavy atom. The lowest BCUT2D eigenvalue weighted by Gasteiger charge is -2.26. The number of phenols is 1. The number of phenolic OH excluding ortho intramolecular Hbond substituents is 1. The number of amides is 1. The molecule has 0 aromatic heterocycles. The number of carbonyl (C=O) groups is 1. The van der Waals surface area contributed by atoms with E-state index >= 15 is 0 Å². The number of hydrogen-bond acceptors (Lipinski definition) is 4. The van der Waals surface area contributed by atoms with E-state index in [1.807, 2.05) is 31.7 Å². The van der Waals surface area contributed by atoms with E-state index in [2.05, 4.69) is 0 Å². The number of thioether (sulfide) groups is 1. The molecule has 1 fully saturated rings. The van der Waals surface area contributed by atoms with Crippen LogP contribution in [0.25, 0.3) is 0 Å². The van der Waals surface area contributed by atoms with E-state index in [1.165, 1.54) is 0 Å². The van der Waals surface area contributed by atoms with E-state index in [1.54, 1.807) is 11.8 Å². The molecule has 1 aliphatic heterocycles. The molecule has 1 atom stereocenters. The Morgan fingerprint density at radius 1 is 1.35 bits per heavy atom. The summed E-state index contributed by atoms with van der Waals surface area (Å²) in [6, 6.07) is 1.97. The lowest BCUT2D eigenvalue weighted by Crippen LogP contribution is -2.30. The number of nitrogens with zero attached hydrogens (tertiary/aromatic N) is 1. The Kier molecular flexibility index (Phi) is 4.60. The third-order valence-electron chi connectivity index (χ3n) is 3.89. The molecule has 1 aromatic rings. The van der Waals surface area contributed by atoms with Crippen LogP contribution >= 0.6 is 11.8 Å². The molecule has 0 spiro atoms. The fourth-order valence-electron chi connectivity index (χ4n) is 2.55. The highest BCUT2D eigenvalue weighted by molar-refractivity contribution is 8.00. The molecule has 1 saturated heterocycles. The zero-order valence-corrected chi connectivity index (χ0v) is 13.0. The van der Waals surface area contributed by atoms with Crippen LogP contribution in [0.4, 0.5) is 0 Å². The number of aromatic hydroxyl groups is 1. The van der Waals surface area contributed by atoms with Gasteiger partial charge in [0.1, 0.15) is 11.1 Å². The summed E-state index contributed by atoms with van der Waals surface area (Å²) < 4.78 is 0. The van der Waals surface area contributed by atoms with Gasteiger partial charge in [0.25, 0.3) is 0 Å². The maximum atomic E-state index is 12.0. The van der Waals surface area contributed by atoms with Gasteiger partial charge in [-0.2, -0.15) is 0 Å². The number of carbonyl (C=O) groups excluding carboxylic acids is 1. The second kappa shape index (κ2) is 6.06. The summed E-state index contributed by atoms with van der Waals surface area (Å²) in [5, 5.41) is 19.0. The van der Waals surface area contributed by atoms with Crippen molar-refractivity contribution < 1.29 is 15.0 Å². The van der Waals surface area contributed by atoms with Gasteiger partial charge in [0.15, 0.2) is 0 Å². The van der Waals surface area contributed by atoms with Crippen LogP contribution in [0.5, 0.6) is 5.75 Å². The minimum Gasteiger partial charge on any atom is -0.507 e. The van der Waals surface area contributed by atoms with Crippen molar-refractivity contribution in [3.63, 3.8) is 0 Å². The molecule has 0 radical (unpaired) electrons. The lowest BCUT2D eigenvalue weighted by atomic mass is 9.98. The number of aliphatic hydroxyl groups excluding tert-OH is 1. The first-order valence-electron chi connectivity index (χ1n) is 6.79. The molecule has 110 valence electrons. The van der Waals surface area contributed by atoms with Crippen LogP contribution in [0.1, 0.15) is 34.0 Å². The van der Waals surface area contributed by atoms with Gasteiger partial charge in [0.05, 0.1) is 5.75 Å². The fourth-order valence-corrected chi connectivity index (χ4v) is 3.84. The Labute approximate surface area is 123 Å². The lowest BCUT2D eigenvalue weighted by molar-refractivity contribution is -0.128. The third kappa shape index (κ3) is 2.65. The van der Waals surface area contributed by atoms with Gasteiger partial charge in [-0.25, -0.2) is 0 Å². The standard InChI is InChI=1S/C15H21NO3S/c1-9-7-12(10(2)11(3)14(9)19)15-16(5-4-6-17)13(18)8-20-15/h7,15,17,19H,4-6,8H2,1-3H3. The smallest absolute Gasteiger partial charge is 0.233 e. The molecule has 0 saturated carbocycles. The molecular weight excluding hydrogens is 274 g/mol. The minimum atomic E-state index is -0.00736. The van der Waals surface area contributed by atoms with E-state index in [9.17, 15) is 9.90 Å². The Hall–Kier alpha value is -1.20. The zero-order chi connectivity index (χ0) is 14.9. The highest BCUT2D eigenvalue weighted by Crippen LogP contribution is 2.42. The number of aliphatic hydroxyl groups is 1. The molecule has 0 aliphatic carbocycles. The molecular formula is C15H21NO3S. The summed E-state index contributed by atoms with van der Waals surface area (Å²) in [6.07, 6.45) is 0.595. The van der Waals surface area contributed by atoms with Crippen molar-refractivity contribution in [1.29, 1.82) is 0 Å². The summed E-state index contributed by atoms with van der Waals surface area (Å²) >= 11 is 1.61. The van der Waals surface area contributed by atoms with Gasteiger partial charge in [-0.05, 0) is 55.5 Å². The molecule has 4 nitrogen and oxygen atoms in total. The average Bonchev–Trinajstić information content (AvgIpc) is 2.79. The molecule has 1 heterocycles. The van der Waals surface area contributed by atoms with Gasteiger partial charge in [-0.1, -0.05) is 0 Å². The van der Waals surface area contributed by atoms with Crippen LogP contribution < -0.4 is 0 Å². The highest BCUT2D eigenvalue weighted by atomic mass is 32.2. The van der Waals surface area contributed by atoms with E-state index in [-0.39, 0.29) is 17.9 Å². The monoisotopic (exact) mass is 295 g/mol. The van der Waals surface area contributed by atoms with Crippen molar-refractivity contribution in [2.45, 2.75) is 32.6 Å². The highest BCUT2D eigenvalue weighted by Gasteiger charge is 2.33. The second-order valence-electron chi connectivity index (χ2n) is 5.21. The molecule has 1 aliphatic rings. The summed E-state index contributed by atoms with van der Waals surface area (Å²) in [5.74, 6) is 0.938. The molecule has 2 rings (SSSR count). The second-order valence-corrected chi connectivity index (χ2v) is 6.28. The number of rotatable bonds is 4. The van der Waals surface area contributed by atoms with E-state index in [0.717, 1.165) is 22.3 Å². The van der Waals surface area contributed by atoms with Gasteiger partial charge in [-0.3, -0.25) is 4.79 Å². The first-order valence-corrected chi connectivity index (χ1v) is 7.83. The van der Waals surface area contributed by atoms with Crippen molar-refractivity contribution in [3.8, 4) is 5.75 Å². The first kappa shape index (κ1) is 15.2. The van der Waals surface area contributed by atoms with Gasteiger partial charge in [-0.15, -0.1) is 11.8 Å². The van der Waals surface area contributed by atoms with Crippen molar-refractivity contribution >= 4 is 17.7 Å². The summed E-state index contributed by atoms with van der Waals surface area (Å²) in [7, 11) is 0. The number of hydrogen-bond donors (Lipinski definition) is 2. The Morgan fingerprint density at radius 3 is 2.70 bits per heavy atom. The first-order chi connectivity index (χ1) is 9.47. The molecule has 20 heavy (non-hydrogen) atoms. The van der Waals surface area contributed by atoms with Crippen molar-refractivity contribution in [2.24, 2.45) is 0 Å². The van der Waals surface area contributed by atoms with Crippen LogP contribution in [-0.2, 0) is 4.79 Å². The average molecular weight is 295 g/mol. The van der Waals surface area contributed by atoms with Crippen LogP contribution in [-0.4, -0.2) is 39.9 Å². The van der Waals surface area contributed by atoms with Crippen molar-refractivity contribution in [2.75, 3.05) is 18.9 Å². The quantitative estimate of drug-likeness (QED) is 0.894. The maximum absolute atomic E-state index is 12.0. The predicted molar refractivity (Wildman–Crippen MR) is 80.9 cm³/mol. The molecule has 2 N–H and O–H groups in total. The molecule has 1 amide bonds. The Balaban J connectivity index is 2.37. The largest absolute Gasteiger partial charge is 0.507 e. The molecule has 5 heteroatoms. The number of aryl methyl sites for hydroxylation is 1. The third-order valence-corrected chi connectivity index (χ3v) is 5.13. The summed E-state index contributed by atoms with van der Waals surface area (Å²) in [4.78, 5) is 13.8. The van der Waals surface area contributed by atoms with Crippen molar-refractivity contribution in [1.82, 2.24) is 4.90 Å². The normalized spacial score (nSPS) is 18.9. The van der Waals surface area contributed by atoms with Crippen molar-refractivity contribution in [3.05, 3.63) is 28.3 Å². The van der Waals surface area contributed by atoms with Gasteiger partial charge in [0.2, 0.25) is 5.91 Å². The topological polar surface area (TPSA) is 60.8 Å². The minimum absolute atomic E-state index is 0.00736. The van der Waals surface area contributed by atoms with E-state index in [0.29, 0.717) is 24.5 Å². The van der Waals surface area contributed by atoms with E-state index < -0.39 is 0 Å². The fraction of sp³-hybridized carbons (Fsp3) is 0.533. The van der Waals surface area contributed by atoms with Crippen LogP contribution in [0.3, 0.4) is 0 Å². The summed E-state index contributed by atoms with van der Waals surface area (Å²) in [6.45, 7) is 6.43. The maximum Gasteiger partial charge on any atom is 0.233 e.